The summed E-state index contributed by atoms with van der Waals surface area (Å²) in [6.45, 7) is 9.05. The molecule has 0 fully saturated rings. The number of halogens is 1. The van der Waals surface area contributed by atoms with E-state index in [0.29, 0.717) is 5.92 Å². The van der Waals surface area contributed by atoms with Crippen LogP contribution in [0, 0.1) is 11.3 Å². The molecule has 0 aliphatic carbocycles. The molecule has 0 aromatic rings. The van der Waals surface area contributed by atoms with E-state index in [1.807, 2.05) is 20.8 Å². The van der Waals surface area contributed by atoms with Gasteiger partial charge in [0.25, 0.3) is 0 Å². The summed E-state index contributed by atoms with van der Waals surface area (Å²) >= 11 is 3.45. The Kier molecular flexibility index (Phi) is 7.24. The third-order valence-corrected chi connectivity index (χ3v) is 4.03. The molecule has 0 saturated heterocycles. The Bertz CT molecular complexity index is 192. The van der Waals surface area contributed by atoms with Gasteiger partial charge in [-0.25, -0.2) is 0 Å². The predicted octanol–water partition coefficient (Wildman–Crippen LogP) is 3.35. The smallest absolute Gasteiger partial charge is 0.225 e. The number of alkyl halides is 1. The number of carbonyl (C=O) groups is 1. The molecule has 0 aromatic carbocycles. The van der Waals surface area contributed by atoms with E-state index in [1.54, 1.807) is 0 Å². The highest BCUT2D eigenvalue weighted by atomic mass is 79.9. The standard InChI is InChI=1S/C12H24BrNO/c1-5-12(3,4)11(15)14-8-6-7-10(2)9-13/h10H,5-9H2,1-4H3,(H,14,15). The molecule has 0 aliphatic rings. The van der Waals surface area contributed by atoms with Crippen molar-refractivity contribution in [1.82, 2.24) is 5.32 Å². The monoisotopic (exact) mass is 277 g/mol. The molecule has 0 radical (unpaired) electrons. The van der Waals surface area contributed by atoms with Crippen molar-refractivity contribution >= 4 is 21.8 Å². The number of rotatable bonds is 7. The molecule has 0 saturated carbocycles. The summed E-state index contributed by atoms with van der Waals surface area (Å²) < 4.78 is 0. The largest absolute Gasteiger partial charge is 0.356 e. The topological polar surface area (TPSA) is 29.1 Å². The van der Waals surface area contributed by atoms with Gasteiger partial charge in [0, 0.05) is 17.3 Å². The van der Waals surface area contributed by atoms with E-state index in [0.717, 1.165) is 31.1 Å². The second kappa shape index (κ2) is 7.26. The molecule has 1 N–H and O–H groups in total. The minimum Gasteiger partial charge on any atom is -0.356 e. The minimum atomic E-state index is -0.221. The molecule has 0 rings (SSSR count). The molecule has 15 heavy (non-hydrogen) atoms. The van der Waals surface area contributed by atoms with Crippen LogP contribution in [0.25, 0.3) is 0 Å². The van der Waals surface area contributed by atoms with Crippen molar-refractivity contribution < 1.29 is 4.79 Å². The molecule has 0 heterocycles. The van der Waals surface area contributed by atoms with Crippen molar-refractivity contribution in [3.8, 4) is 0 Å². The molecule has 0 spiro atoms. The van der Waals surface area contributed by atoms with Crippen LogP contribution in [0.4, 0.5) is 0 Å². The Balaban J connectivity index is 3.64. The second-order valence-corrected chi connectivity index (χ2v) is 5.54. The summed E-state index contributed by atoms with van der Waals surface area (Å²) in [6, 6.07) is 0. The van der Waals surface area contributed by atoms with Gasteiger partial charge in [-0.2, -0.15) is 0 Å². The van der Waals surface area contributed by atoms with Crippen molar-refractivity contribution in [2.75, 3.05) is 11.9 Å². The lowest BCUT2D eigenvalue weighted by atomic mass is 9.89. The van der Waals surface area contributed by atoms with Crippen molar-refractivity contribution in [2.45, 2.75) is 47.0 Å². The molecule has 2 nitrogen and oxygen atoms in total. The first kappa shape index (κ1) is 14.9. The van der Waals surface area contributed by atoms with E-state index in [-0.39, 0.29) is 11.3 Å². The maximum absolute atomic E-state index is 11.7. The van der Waals surface area contributed by atoms with Crippen LogP contribution in [0.2, 0.25) is 0 Å². The molecule has 90 valence electrons. The molecular weight excluding hydrogens is 254 g/mol. The van der Waals surface area contributed by atoms with Crippen molar-refractivity contribution in [1.29, 1.82) is 0 Å². The first-order valence-electron chi connectivity index (χ1n) is 5.78. The summed E-state index contributed by atoms with van der Waals surface area (Å²) in [7, 11) is 0. The zero-order valence-electron chi connectivity index (χ0n) is 10.4. The highest BCUT2D eigenvalue weighted by Gasteiger charge is 2.24. The Hall–Kier alpha value is -0.0500. The summed E-state index contributed by atoms with van der Waals surface area (Å²) in [5, 5.41) is 4.04. The van der Waals surface area contributed by atoms with E-state index in [2.05, 4.69) is 28.2 Å². The lowest BCUT2D eigenvalue weighted by Gasteiger charge is -2.21. The molecular formula is C12H24BrNO. The fourth-order valence-electron chi connectivity index (χ4n) is 1.13. The van der Waals surface area contributed by atoms with Crippen LogP contribution in [0.1, 0.15) is 47.0 Å². The molecule has 3 heteroatoms. The van der Waals surface area contributed by atoms with Crippen LogP contribution in [0.15, 0.2) is 0 Å². The lowest BCUT2D eigenvalue weighted by molar-refractivity contribution is -0.129. The molecule has 1 atom stereocenters. The van der Waals surface area contributed by atoms with E-state index in [4.69, 9.17) is 0 Å². The van der Waals surface area contributed by atoms with Crippen LogP contribution in [-0.2, 0) is 4.79 Å². The van der Waals surface area contributed by atoms with Gasteiger partial charge in [-0.05, 0) is 25.2 Å². The summed E-state index contributed by atoms with van der Waals surface area (Å²) in [5.41, 5.74) is -0.221. The van der Waals surface area contributed by atoms with Crippen molar-refractivity contribution in [2.24, 2.45) is 11.3 Å². The zero-order valence-corrected chi connectivity index (χ0v) is 12.0. The Labute approximate surface area is 102 Å². The third-order valence-electron chi connectivity index (χ3n) is 2.92. The van der Waals surface area contributed by atoms with E-state index in [9.17, 15) is 4.79 Å². The Morgan fingerprint density at radius 2 is 2.07 bits per heavy atom. The van der Waals surface area contributed by atoms with Gasteiger partial charge in [-0.3, -0.25) is 4.79 Å². The first-order chi connectivity index (χ1) is 6.94. The van der Waals surface area contributed by atoms with Gasteiger partial charge < -0.3 is 5.32 Å². The normalized spacial score (nSPS) is 13.7. The van der Waals surface area contributed by atoms with Crippen LogP contribution in [0.3, 0.4) is 0 Å². The third kappa shape index (κ3) is 6.18. The SMILES string of the molecule is CCC(C)(C)C(=O)NCCCC(C)CBr. The maximum atomic E-state index is 11.7. The molecule has 1 unspecified atom stereocenters. The number of amides is 1. The molecule has 0 aliphatic heterocycles. The van der Waals surface area contributed by atoms with Crippen LogP contribution < -0.4 is 5.32 Å². The molecule has 0 aromatic heterocycles. The van der Waals surface area contributed by atoms with Gasteiger partial charge in [0.1, 0.15) is 0 Å². The lowest BCUT2D eigenvalue weighted by Crippen LogP contribution is -2.37. The van der Waals surface area contributed by atoms with Gasteiger partial charge in [-0.1, -0.05) is 43.6 Å². The minimum absolute atomic E-state index is 0.177. The Morgan fingerprint density at radius 1 is 1.47 bits per heavy atom. The fraction of sp³-hybridized carbons (Fsp3) is 0.917. The van der Waals surface area contributed by atoms with Crippen LogP contribution >= 0.6 is 15.9 Å². The van der Waals surface area contributed by atoms with Gasteiger partial charge in [0.2, 0.25) is 5.91 Å². The number of hydrogen-bond acceptors (Lipinski definition) is 1. The van der Waals surface area contributed by atoms with E-state index in [1.165, 1.54) is 0 Å². The average Bonchev–Trinajstić information content (AvgIpc) is 2.23. The van der Waals surface area contributed by atoms with Gasteiger partial charge in [0.15, 0.2) is 0 Å². The number of hydrogen-bond donors (Lipinski definition) is 1. The van der Waals surface area contributed by atoms with Gasteiger partial charge in [0.05, 0.1) is 0 Å². The molecule has 1 amide bonds. The van der Waals surface area contributed by atoms with Crippen molar-refractivity contribution in [3.05, 3.63) is 0 Å². The molecule has 0 bridgehead atoms. The zero-order chi connectivity index (χ0) is 11.9. The Morgan fingerprint density at radius 3 is 2.53 bits per heavy atom. The van der Waals surface area contributed by atoms with Gasteiger partial charge >= 0.3 is 0 Å². The van der Waals surface area contributed by atoms with Crippen LogP contribution in [0.5, 0.6) is 0 Å². The van der Waals surface area contributed by atoms with Crippen molar-refractivity contribution in [3.63, 3.8) is 0 Å². The first-order valence-corrected chi connectivity index (χ1v) is 6.90. The fourth-order valence-corrected chi connectivity index (χ4v) is 1.45. The summed E-state index contributed by atoms with van der Waals surface area (Å²) in [5.74, 6) is 0.873. The van der Waals surface area contributed by atoms with Crippen LogP contribution in [-0.4, -0.2) is 17.8 Å². The maximum Gasteiger partial charge on any atom is 0.225 e. The summed E-state index contributed by atoms with van der Waals surface area (Å²) in [6.07, 6.45) is 3.12. The quantitative estimate of drug-likeness (QED) is 0.561. The number of nitrogens with one attached hydrogen (secondary N) is 1. The summed E-state index contributed by atoms with van der Waals surface area (Å²) in [4.78, 5) is 11.7. The second-order valence-electron chi connectivity index (χ2n) is 4.90. The van der Waals surface area contributed by atoms with E-state index >= 15 is 0 Å². The highest BCUT2D eigenvalue weighted by molar-refractivity contribution is 9.09. The predicted molar refractivity (Wildman–Crippen MR) is 69.3 cm³/mol. The number of carbonyl (C=O) groups excluding carboxylic acids is 1. The highest BCUT2D eigenvalue weighted by Crippen LogP contribution is 2.19. The van der Waals surface area contributed by atoms with E-state index < -0.39 is 0 Å². The average molecular weight is 278 g/mol. The van der Waals surface area contributed by atoms with Gasteiger partial charge in [-0.15, -0.1) is 0 Å².